The van der Waals surface area contributed by atoms with Crippen molar-refractivity contribution in [1.29, 1.82) is 0 Å². The van der Waals surface area contributed by atoms with Gasteiger partial charge in [-0.1, -0.05) is 36.4 Å². The molecule has 1 aliphatic rings. The van der Waals surface area contributed by atoms with Crippen molar-refractivity contribution in [2.75, 3.05) is 12.8 Å². The zero-order valence-corrected chi connectivity index (χ0v) is 25.2. The lowest BCUT2D eigenvalue weighted by molar-refractivity contribution is -0.137. The van der Waals surface area contributed by atoms with E-state index in [1.165, 1.54) is 6.07 Å². The van der Waals surface area contributed by atoms with E-state index in [2.05, 4.69) is 21.3 Å². The number of hydrogen-bond donors (Lipinski definition) is 4. The van der Waals surface area contributed by atoms with E-state index in [0.717, 1.165) is 22.6 Å². The van der Waals surface area contributed by atoms with Gasteiger partial charge in [-0.25, -0.2) is 4.79 Å². The second-order valence-electron chi connectivity index (χ2n) is 10.5. The van der Waals surface area contributed by atoms with Gasteiger partial charge in [-0.2, -0.15) is 13.2 Å². The number of amides is 4. The van der Waals surface area contributed by atoms with Gasteiger partial charge in [0, 0.05) is 28.1 Å². The number of ether oxygens (including phenoxy) is 1. The molecule has 3 atom stereocenters. The molecular weight excluding hydrogens is 609 g/mol. The summed E-state index contributed by atoms with van der Waals surface area (Å²) in [5.74, 6) is -1.80. The molecule has 0 heterocycles. The van der Waals surface area contributed by atoms with E-state index in [0.29, 0.717) is 24.5 Å². The van der Waals surface area contributed by atoms with Crippen LogP contribution in [-0.2, 0) is 22.3 Å². The predicted octanol–water partition coefficient (Wildman–Crippen LogP) is 4.92. The first kappa shape index (κ1) is 33.4. The van der Waals surface area contributed by atoms with Crippen molar-refractivity contribution in [2.45, 2.75) is 55.1 Å². The first-order valence-corrected chi connectivity index (χ1v) is 15.4. The summed E-state index contributed by atoms with van der Waals surface area (Å²) in [7, 11) is 0. The summed E-state index contributed by atoms with van der Waals surface area (Å²) in [5, 5.41) is 10.9. The third-order valence-electron chi connectivity index (χ3n) is 7.26. The Bertz CT molecular complexity index is 1490. The zero-order valence-electron chi connectivity index (χ0n) is 24.4. The molecule has 0 aromatic heterocycles. The van der Waals surface area contributed by atoms with Gasteiger partial charge in [0.1, 0.15) is 6.61 Å². The second kappa shape index (κ2) is 15.5. The molecule has 4 rings (SSSR count). The lowest BCUT2D eigenvalue weighted by Gasteiger charge is -2.37. The number of carbonyl (C=O) groups excluding carboxylic acids is 4. The Kier molecular flexibility index (Phi) is 11.5. The third kappa shape index (κ3) is 10.00. The Balaban J connectivity index is 1.38. The van der Waals surface area contributed by atoms with Crippen molar-refractivity contribution >= 4 is 35.6 Å². The highest BCUT2D eigenvalue weighted by Crippen LogP contribution is 2.29. The number of hydrogen-bond acceptors (Lipinski definition) is 6. The average molecular weight is 643 g/mol. The molecule has 3 unspecified atom stereocenters. The topological polar surface area (TPSA) is 126 Å². The van der Waals surface area contributed by atoms with Crippen molar-refractivity contribution in [3.05, 3.63) is 101 Å². The van der Waals surface area contributed by atoms with E-state index in [4.69, 9.17) is 4.74 Å². The van der Waals surface area contributed by atoms with Crippen molar-refractivity contribution in [1.82, 2.24) is 21.3 Å². The monoisotopic (exact) mass is 642 g/mol. The summed E-state index contributed by atoms with van der Waals surface area (Å²) in [4.78, 5) is 51.9. The maximum atomic E-state index is 13.0. The predicted molar refractivity (Wildman–Crippen MR) is 163 cm³/mol. The van der Waals surface area contributed by atoms with Crippen LogP contribution in [0.15, 0.2) is 83.8 Å². The summed E-state index contributed by atoms with van der Waals surface area (Å²) in [6.07, 6.45) is -2.16. The molecule has 0 spiro atoms. The Morgan fingerprint density at radius 3 is 2.24 bits per heavy atom. The molecule has 1 saturated carbocycles. The molecule has 0 aliphatic heterocycles. The minimum absolute atomic E-state index is 0.0825. The van der Waals surface area contributed by atoms with Crippen molar-refractivity contribution in [3.63, 3.8) is 0 Å². The average Bonchev–Trinajstić information content (AvgIpc) is 3.04. The number of rotatable bonds is 10. The molecule has 4 amide bonds. The molecular formula is C32H33F3N4O5S. The van der Waals surface area contributed by atoms with E-state index in [9.17, 15) is 32.3 Å². The first-order valence-electron chi connectivity index (χ1n) is 14.2. The lowest BCUT2D eigenvalue weighted by atomic mass is 9.86. The molecule has 0 bridgehead atoms. The van der Waals surface area contributed by atoms with E-state index < -0.39 is 48.3 Å². The van der Waals surface area contributed by atoms with Crippen LogP contribution < -0.4 is 21.3 Å². The van der Waals surface area contributed by atoms with Crippen LogP contribution in [0, 0.1) is 0 Å². The van der Waals surface area contributed by atoms with Crippen LogP contribution >= 0.6 is 11.8 Å². The molecule has 9 nitrogen and oxygen atoms in total. The normalized spacial score (nSPS) is 17.9. The van der Waals surface area contributed by atoms with Crippen LogP contribution in [0.3, 0.4) is 0 Å². The highest BCUT2D eigenvalue weighted by molar-refractivity contribution is 7.98. The van der Waals surface area contributed by atoms with Gasteiger partial charge < -0.3 is 26.0 Å². The SMILES string of the molecule is CSc1ccc(C(=O)NC2CCC(NC(=O)OCc3ccccc3)CC2NC(=O)CNC(=O)c2cccc(C(F)(F)F)c2)cc1. The lowest BCUT2D eigenvalue weighted by Crippen LogP contribution is -2.58. The van der Waals surface area contributed by atoms with Crippen molar-refractivity contribution in [3.8, 4) is 0 Å². The number of thioether (sulfide) groups is 1. The van der Waals surface area contributed by atoms with E-state index in [-0.39, 0.29) is 30.5 Å². The molecule has 3 aromatic carbocycles. The van der Waals surface area contributed by atoms with Gasteiger partial charge in [-0.3, -0.25) is 14.4 Å². The highest BCUT2D eigenvalue weighted by Gasteiger charge is 2.34. The third-order valence-corrected chi connectivity index (χ3v) is 8.01. The maximum absolute atomic E-state index is 13.0. The standard InChI is InChI=1S/C32H33F3N4O5S/c1-45-25-13-10-21(11-14-25)30(42)39-26-15-12-24(37-31(43)44-19-20-6-3-2-4-7-20)17-27(26)38-28(40)18-36-29(41)22-8-5-9-23(16-22)32(33,34)35/h2-11,13-14,16,24,26-27H,12,15,17-19H2,1H3,(H,36,41)(H,37,43)(H,38,40)(H,39,42). The van der Waals surface area contributed by atoms with Crippen LogP contribution in [0.25, 0.3) is 0 Å². The summed E-state index contributed by atoms with van der Waals surface area (Å²) in [5.41, 5.74) is 0.0356. The molecule has 0 radical (unpaired) electrons. The van der Waals surface area contributed by atoms with Crippen LogP contribution in [0.1, 0.15) is 51.1 Å². The number of halogens is 3. The first-order chi connectivity index (χ1) is 21.5. The van der Waals surface area contributed by atoms with Gasteiger partial charge in [0.2, 0.25) is 5.91 Å². The largest absolute Gasteiger partial charge is 0.445 e. The summed E-state index contributed by atoms with van der Waals surface area (Å²) >= 11 is 1.54. The summed E-state index contributed by atoms with van der Waals surface area (Å²) < 4.78 is 44.5. The fourth-order valence-electron chi connectivity index (χ4n) is 4.92. The van der Waals surface area contributed by atoms with Crippen LogP contribution in [-0.4, -0.2) is 54.7 Å². The summed E-state index contributed by atoms with van der Waals surface area (Å²) in [6.45, 7) is -0.432. The molecule has 0 saturated heterocycles. The van der Waals surface area contributed by atoms with E-state index in [1.807, 2.05) is 48.7 Å². The van der Waals surface area contributed by atoms with Crippen LogP contribution in [0.4, 0.5) is 18.0 Å². The van der Waals surface area contributed by atoms with Crippen LogP contribution in [0.5, 0.6) is 0 Å². The minimum Gasteiger partial charge on any atom is -0.445 e. The zero-order chi connectivity index (χ0) is 32.4. The Labute approximate surface area is 262 Å². The Hall–Kier alpha value is -4.52. The number of alkyl halides is 3. The van der Waals surface area contributed by atoms with Crippen molar-refractivity contribution in [2.24, 2.45) is 0 Å². The maximum Gasteiger partial charge on any atom is 0.416 e. The molecule has 45 heavy (non-hydrogen) atoms. The number of alkyl carbamates (subject to hydrolysis) is 1. The Morgan fingerprint density at radius 1 is 0.822 bits per heavy atom. The number of benzene rings is 3. The molecule has 1 aliphatic carbocycles. The number of carbonyl (C=O) groups is 4. The van der Waals surface area contributed by atoms with E-state index in [1.54, 1.807) is 23.9 Å². The van der Waals surface area contributed by atoms with Gasteiger partial charge in [-0.05, 0) is 73.5 Å². The van der Waals surface area contributed by atoms with Gasteiger partial charge >= 0.3 is 12.3 Å². The smallest absolute Gasteiger partial charge is 0.416 e. The van der Waals surface area contributed by atoms with Gasteiger partial charge in [0.15, 0.2) is 0 Å². The number of nitrogens with one attached hydrogen (secondary N) is 4. The second-order valence-corrected chi connectivity index (χ2v) is 11.3. The van der Waals surface area contributed by atoms with Crippen molar-refractivity contribution < 1.29 is 37.1 Å². The molecule has 1 fully saturated rings. The fraction of sp³-hybridized carbons (Fsp3) is 0.312. The minimum atomic E-state index is -4.62. The van der Waals surface area contributed by atoms with E-state index >= 15 is 0 Å². The molecule has 13 heteroatoms. The van der Waals surface area contributed by atoms with Crippen LogP contribution in [0.2, 0.25) is 0 Å². The fourth-order valence-corrected chi connectivity index (χ4v) is 5.32. The molecule has 3 aromatic rings. The van der Waals surface area contributed by atoms with Gasteiger partial charge in [-0.15, -0.1) is 11.8 Å². The molecule has 238 valence electrons. The molecule has 4 N–H and O–H groups in total. The Morgan fingerprint density at radius 2 is 1.56 bits per heavy atom. The quantitative estimate of drug-likeness (QED) is 0.233. The van der Waals surface area contributed by atoms with Gasteiger partial charge in [0.25, 0.3) is 11.8 Å². The summed E-state index contributed by atoms with van der Waals surface area (Å²) in [6, 6.07) is 18.6. The van der Waals surface area contributed by atoms with Gasteiger partial charge in [0.05, 0.1) is 18.2 Å². The highest BCUT2D eigenvalue weighted by atomic mass is 32.2.